The number of hydrogen-bond acceptors (Lipinski definition) is 3. The van der Waals surface area contributed by atoms with E-state index in [0.29, 0.717) is 0 Å². The van der Waals surface area contributed by atoms with Gasteiger partial charge in [-0.25, -0.2) is 0 Å². The van der Waals surface area contributed by atoms with Crippen LogP contribution in [0.25, 0.3) is 0 Å². The maximum Gasteiger partial charge on any atom is 0.253 e. The molecule has 1 aliphatic rings. The van der Waals surface area contributed by atoms with Crippen LogP contribution in [0.15, 0.2) is 11.6 Å². The summed E-state index contributed by atoms with van der Waals surface area (Å²) in [5.74, 6) is 0.603. The minimum atomic E-state index is -0.172. The number of amides is 1. The SMILES string of the molecule is O=C(CCl)NN1C=CSC1. The molecular formula is C5H7ClN2OS. The van der Waals surface area contributed by atoms with Crippen molar-refractivity contribution >= 4 is 29.3 Å². The summed E-state index contributed by atoms with van der Waals surface area (Å²) in [6, 6.07) is 0. The van der Waals surface area contributed by atoms with Crippen molar-refractivity contribution in [1.29, 1.82) is 0 Å². The molecule has 1 amide bonds. The van der Waals surface area contributed by atoms with Gasteiger partial charge in [-0.2, -0.15) is 0 Å². The molecule has 0 unspecified atom stereocenters. The van der Waals surface area contributed by atoms with Crippen molar-refractivity contribution in [3.8, 4) is 0 Å². The van der Waals surface area contributed by atoms with E-state index in [1.807, 2.05) is 5.41 Å². The summed E-state index contributed by atoms with van der Waals surface area (Å²) in [5.41, 5.74) is 2.58. The van der Waals surface area contributed by atoms with E-state index in [2.05, 4.69) is 5.43 Å². The van der Waals surface area contributed by atoms with E-state index in [9.17, 15) is 4.79 Å². The first-order valence-corrected chi connectivity index (χ1v) is 4.31. The number of carbonyl (C=O) groups excluding carboxylic acids is 1. The quantitative estimate of drug-likeness (QED) is 0.633. The van der Waals surface area contributed by atoms with Crippen molar-refractivity contribution in [2.45, 2.75) is 0 Å². The van der Waals surface area contributed by atoms with Crippen molar-refractivity contribution in [3.63, 3.8) is 0 Å². The molecule has 1 aliphatic heterocycles. The summed E-state index contributed by atoms with van der Waals surface area (Å²) in [6.07, 6.45) is 1.80. The molecule has 56 valence electrons. The van der Waals surface area contributed by atoms with Crippen molar-refractivity contribution in [2.24, 2.45) is 0 Å². The average molecular weight is 179 g/mol. The van der Waals surface area contributed by atoms with Gasteiger partial charge in [0.1, 0.15) is 5.88 Å². The Morgan fingerprint density at radius 2 is 2.70 bits per heavy atom. The molecule has 0 spiro atoms. The molecule has 0 aromatic heterocycles. The molecule has 0 fully saturated rings. The van der Waals surface area contributed by atoms with Gasteiger partial charge in [0, 0.05) is 6.20 Å². The maximum absolute atomic E-state index is 10.6. The first kappa shape index (κ1) is 7.75. The van der Waals surface area contributed by atoms with Gasteiger partial charge in [0.25, 0.3) is 5.91 Å². The van der Waals surface area contributed by atoms with Gasteiger partial charge in [0.2, 0.25) is 0 Å². The van der Waals surface area contributed by atoms with E-state index >= 15 is 0 Å². The molecule has 3 nitrogen and oxygen atoms in total. The number of hydrogen-bond donors (Lipinski definition) is 1. The lowest BCUT2D eigenvalue weighted by Crippen LogP contribution is -2.37. The molecule has 0 bridgehead atoms. The van der Waals surface area contributed by atoms with Gasteiger partial charge in [-0.3, -0.25) is 15.2 Å². The van der Waals surface area contributed by atoms with Crippen molar-refractivity contribution in [3.05, 3.63) is 11.6 Å². The number of carbonyl (C=O) groups is 1. The number of thioether (sulfide) groups is 1. The number of hydrazine groups is 1. The Hall–Kier alpha value is -0.350. The highest BCUT2D eigenvalue weighted by atomic mass is 35.5. The van der Waals surface area contributed by atoms with Crippen molar-refractivity contribution in [1.82, 2.24) is 10.4 Å². The van der Waals surface area contributed by atoms with Crippen LogP contribution in [0.2, 0.25) is 0 Å². The lowest BCUT2D eigenvalue weighted by atomic mass is 10.7. The van der Waals surface area contributed by atoms with E-state index in [0.717, 1.165) is 5.88 Å². The van der Waals surface area contributed by atoms with Gasteiger partial charge < -0.3 is 0 Å². The fourth-order valence-corrected chi connectivity index (χ4v) is 1.23. The van der Waals surface area contributed by atoms with Crippen molar-refractivity contribution < 1.29 is 4.79 Å². The Balaban J connectivity index is 2.24. The summed E-state index contributed by atoms with van der Waals surface area (Å²) >= 11 is 6.88. The summed E-state index contributed by atoms with van der Waals surface area (Å²) < 4.78 is 0. The van der Waals surface area contributed by atoms with E-state index in [4.69, 9.17) is 11.6 Å². The third kappa shape index (κ3) is 2.11. The van der Waals surface area contributed by atoms with Crippen LogP contribution in [0, 0.1) is 0 Å². The summed E-state index contributed by atoms with van der Waals surface area (Å²) in [6.45, 7) is 0. The first-order chi connectivity index (χ1) is 4.83. The van der Waals surface area contributed by atoms with Crippen LogP contribution in [0.5, 0.6) is 0 Å². The largest absolute Gasteiger partial charge is 0.282 e. The Kier molecular flexibility index (Phi) is 2.89. The van der Waals surface area contributed by atoms with Gasteiger partial charge in [0.05, 0.1) is 5.88 Å². The van der Waals surface area contributed by atoms with E-state index < -0.39 is 0 Å². The third-order valence-electron chi connectivity index (χ3n) is 0.940. The van der Waals surface area contributed by atoms with E-state index in [1.54, 1.807) is 23.0 Å². The lowest BCUT2D eigenvalue weighted by Gasteiger charge is -2.14. The second-order valence-electron chi connectivity index (χ2n) is 1.72. The molecule has 1 N–H and O–H groups in total. The summed E-state index contributed by atoms with van der Waals surface area (Å²) in [4.78, 5) is 10.6. The van der Waals surface area contributed by atoms with Gasteiger partial charge in [-0.15, -0.1) is 23.4 Å². The molecule has 0 atom stereocenters. The van der Waals surface area contributed by atoms with Gasteiger partial charge in [-0.05, 0) is 5.41 Å². The van der Waals surface area contributed by atoms with E-state index in [1.165, 1.54) is 0 Å². The third-order valence-corrected chi connectivity index (χ3v) is 1.92. The summed E-state index contributed by atoms with van der Waals surface area (Å²) in [7, 11) is 0. The molecule has 1 heterocycles. The fraction of sp³-hybridized carbons (Fsp3) is 0.400. The molecule has 5 heteroatoms. The number of nitrogens with zero attached hydrogens (tertiary/aromatic N) is 1. The molecule has 10 heavy (non-hydrogen) atoms. The van der Waals surface area contributed by atoms with Crippen LogP contribution in [0.1, 0.15) is 0 Å². The molecule has 0 radical (unpaired) electrons. The Bertz CT molecular complexity index is 162. The molecule has 0 aliphatic carbocycles. The second-order valence-corrected chi connectivity index (χ2v) is 2.85. The highest BCUT2D eigenvalue weighted by molar-refractivity contribution is 8.02. The minimum Gasteiger partial charge on any atom is -0.282 e. The number of alkyl halides is 1. The second kappa shape index (κ2) is 3.73. The lowest BCUT2D eigenvalue weighted by molar-refractivity contribution is -0.121. The molecule has 0 saturated heterocycles. The summed E-state index contributed by atoms with van der Waals surface area (Å²) in [5, 5.41) is 3.60. The predicted molar refractivity (Wildman–Crippen MR) is 42.3 cm³/mol. The molecular weight excluding hydrogens is 172 g/mol. The van der Waals surface area contributed by atoms with Crippen LogP contribution < -0.4 is 5.43 Å². The maximum atomic E-state index is 10.6. The van der Waals surface area contributed by atoms with Crippen molar-refractivity contribution in [2.75, 3.05) is 11.8 Å². The predicted octanol–water partition coefficient (Wildman–Crippen LogP) is 0.734. The van der Waals surface area contributed by atoms with Gasteiger partial charge >= 0.3 is 0 Å². The monoisotopic (exact) mass is 178 g/mol. The number of halogens is 1. The molecule has 0 aromatic carbocycles. The minimum absolute atomic E-state index is 0.00894. The van der Waals surface area contributed by atoms with Crippen LogP contribution >= 0.6 is 23.4 Å². The molecule has 1 rings (SSSR count). The Morgan fingerprint density at radius 1 is 1.90 bits per heavy atom. The zero-order valence-corrected chi connectivity index (χ0v) is 6.78. The van der Waals surface area contributed by atoms with Crippen LogP contribution in [0.4, 0.5) is 0 Å². The zero-order chi connectivity index (χ0) is 7.40. The number of nitrogens with one attached hydrogen (secondary N) is 1. The Labute approximate surface area is 68.4 Å². The van der Waals surface area contributed by atoms with Crippen LogP contribution in [-0.4, -0.2) is 22.7 Å². The van der Waals surface area contributed by atoms with Gasteiger partial charge in [0.15, 0.2) is 0 Å². The highest BCUT2D eigenvalue weighted by Gasteiger charge is 2.06. The Morgan fingerprint density at radius 3 is 3.20 bits per heavy atom. The zero-order valence-electron chi connectivity index (χ0n) is 5.21. The normalized spacial score (nSPS) is 15.9. The first-order valence-electron chi connectivity index (χ1n) is 2.73. The topological polar surface area (TPSA) is 32.3 Å². The van der Waals surface area contributed by atoms with Crippen LogP contribution in [0.3, 0.4) is 0 Å². The van der Waals surface area contributed by atoms with Gasteiger partial charge in [-0.1, -0.05) is 0 Å². The molecule has 0 saturated carbocycles. The average Bonchev–Trinajstić information content (AvgIpc) is 2.40. The smallest absolute Gasteiger partial charge is 0.253 e. The molecule has 0 aromatic rings. The number of rotatable bonds is 2. The fourth-order valence-electron chi connectivity index (χ4n) is 0.542. The standard InChI is InChI=1S/C5H7ClN2OS/c6-3-5(9)7-8-1-2-10-4-8/h1-2H,3-4H2,(H,7,9). The highest BCUT2D eigenvalue weighted by Crippen LogP contribution is 2.11. The van der Waals surface area contributed by atoms with E-state index in [-0.39, 0.29) is 11.8 Å². The van der Waals surface area contributed by atoms with Crippen LogP contribution in [-0.2, 0) is 4.79 Å².